The lowest BCUT2D eigenvalue weighted by Gasteiger charge is -2.39. The number of halogens is 1. The molecule has 0 aliphatic carbocycles. The van der Waals surface area contributed by atoms with Crippen LogP contribution in [0, 0.1) is 5.82 Å². The topological polar surface area (TPSA) is 112 Å². The van der Waals surface area contributed by atoms with E-state index < -0.39 is 17.9 Å². The number of carbonyl (C=O) groups excluding carboxylic acids is 2. The van der Waals surface area contributed by atoms with Gasteiger partial charge in [0, 0.05) is 51.0 Å². The van der Waals surface area contributed by atoms with Gasteiger partial charge in [-0.15, -0.1) is 0 Å². The number of methoxy groups -OCH3 is 2. The van der Waals surface area contributed by atoms with Gasteiger partial charge in [0.15, 0.2) is 5.82 Å². The summed E-state index contributed by atoms with van der Waals surface area (Å²) in [6.45, 7) is 5.86. The number of carbonyl (C=O) groups is 2. The minimum Gasteiger partial charge on any atom is -0.497 e. The fraction of sp³-hybridized carbons (Fsp3) is 0.389. The molecule has 2 saturated heterocycles. The van der Waals surface area contributed by atoms with Crippen molar-refractivity contribution in [2.45, 2.75) is 32.2 Å². The van der Waals surface area contributed by atoms with Gasteiger partial charge >= 0.3 is 6.03 Å². The summed E-state index contributed by atoms with van der Waals surface area (Å²) in [6, 6.07) is 16.4. The fourth-order valence-electron chi connectivity index (χ4n) is 6.52. The summed E-state index contributed by atoms with van der Waals surface area (Å²) >= 11 is 0. The molecule has 6 rings (SSSR count). The van der Waals surface area contributed by atoms with Crippen LogP contribution in [0.15, 0.2) is 71.5 Å². The molecule has 3 amide bonds. The number of likely N-dealkylation sites (tertiary alicyclic amines) is 1. The van der Waals surface area contributed by atoms with E-state index in [-0.39, 0.29) is 11.5 Å². The Kier molecular flexibility index (Phi) is 10.3. The molecule has 258 valence electrons. The van der Waals surface area contributed by atoms with Crippen LogP contribution in [0.2, 0.25) is 0 Å². The van der Waals surface area contributed by atoms with Gasteiger partial charge < -0.3 is 24.7 Å². The van der Waals surface area contributed by atoms with Crippen LogP contribution in [0.5, 0.6) is 11.5 Å². The third-order valence-corrected chi connectivity index (χ3v) is 9.20. The van der Waals surface area contributed by atoms with Gasteiger partial charge in [0.1, 0.15) is 17.3 Å². The molecule has 2 fully saturated rings. The van der Waals surface area contributed by atoms with Crippen molar-refractivity contribution in [2.24, 2.45) is 0 Å². The molecule has 12 nitrogen and oxygen atoms in total. The zero-order chi connectivity index (χ0) is 34.5. The number of amides is 3. The number of piperidine rings is 1. The highest BCUT2D eigenvalue weighted by Crippen LogP contribution is 2.37. The summed E-state index contributed by atoms with van der Waals surface area (Å²) < 4.78 is 26.4. The van der Waals surface area contributed by atoms with E-state index in [1.807, 2.05) is 16.0 Å². The largest absolute Gasteiger partial charge is 0.497 e. The molecule has 2 aliphatic heterocycles. The molecule has 0 spiro atoms. The van der Waals surface area contributed by atoms with E-state index >= 15 is 0 Å². The summed E-state index contributed by atoms with van der Waals surface area (Å²) in [5, 5.41) is 5.25. The number of ether oxygens (including phenoxy) is 2. The number of rotatable bonds is 9. The predicted molar refractivity (Wildman–Crippen MR) is 187 cm³/mol. The molecule has 2 aliphatic rings. The minimum atomic E-state index is -0.807. The predicted octanol–water partition coefficient (Wildman–Crippen LogP) is 4.62. The van der Waals surface area contributed by atoms with Crippen molar-refractivity contribution in [2.75, 3.05) is 75.3 Å². The zero-order valence-corrected chi connectivity index (χ0v) is 28.1. The van der Waals surface area contributed by atoms with Gasteiger partial charge in [-0.25, -0.2) is 18.8 Å². The number of hydrogen-bond donors (Lipinski definition) is 1. The molecular formula is C36H42FN7O5. The highest BCUT2D eigenvalue weighted by molar-refractivity contribution is 6.03. The smallest absolute Gasteiger partial charge is 0.327 e. The van der Waals surface area contributed by atoms with Crippen LogP contribution in [0.4, 0.5) is 20.6 Å². The molecule has 4 aromatic rings. The van der Waals surface area contributed by atoms with Crippen LogP contribution in [0.25, 0.3) is 10.9 Å². The van der Waals surface area contributed by atoms with Crippen LogP contribution < -0.4 is 30.3 Å². The number of urea groups is 1. The summed E-state index contributed by atoms with van der Waals surface area (Å²) in [5.41, 5.74) is 1.03. The second-order valence-electron chi connectivity index (χ2n) is 12.3. The molecule has 3 heterocycles. The fourth-order valence-corrected chi connectivity index (χ4v) is 6.52. The molecule has 1 atom stereocenters. The lowest BCUT2D eigenvalue weighted by Crippen LogP contribution is -2.57. The maximum Gasteiger partial charge on any atom is 0.327 e. The molecule has 0 bridgehead atoms. The Hall–Kier alpha value is -5.17. The molecule has 1 unspecified atom stereocenters. The van der Waals surface area contributed by atoms with E-state index in [0.717, 1.165) is 32.4 Å². The second kappa shape index (κ2) is 14.9. The van der Waals surface area contributed by atoms with E-state index in [4.69, 9.17) is 14.5 Å². The molecule has 0 saturated carbocycles. The van der Waals surface area contributed by atoms with E-state index in [9.17, 15) is 18.8 Å². The number of nitrogens with one attached hydrogen (secondary N) is 1. The first-order valence-electron chi connectivity index (χ1n) is 16.6. The second-order valence-corrected chi connectivity index (χ2v) is 12.3. The summed E-state index contributed by atoms with van der Waals surface area (Å²) in [5.74, 6) is 0.948. The Morgan fingerprint density at radius 2 is 1.63 bits per heavy atom. The molecule has 49 heavy (non-hydrogen) atoms. The van der Waals surface area contributed by atoms with Gasteiger partial charge in [-0.3, -0.25) is 19.4 Å². The average molecular weight is 672 g/mol. The van der Waals surface area contributed by atoms with Gasteiger partial charge in [0.25, 0.3) is 5.56 Å². The number of piperazine rings is 1. The Bertz CT molecular complexity index is 1850. The maximum absolute atomic E-state index is 14.3. The highest BCUT2D eigenvalue weighted by atomic mass is 19.1. The van der Waals surface area contributed by atoms with Crippen LogP contribution in [-0.4, -0.2) is 91.4 Å². The Labute approximate surface area is 284 Å². The van der Waals surface area contributed by atoms with Crippen molar-refractivity contribution in [1.29, 1.82) is 0 Å². The van der Waals surface area contributed by atoms with E-state index in [0.29, 0.717) is 72.3 Å². The quantitative estimate of drug-likeness (QED) is 0.275. The number of aromatic nitrogens is 2. The number of benzene rings is 3. The third kappa shape index (κ3) is 7.31. The Morgan fingerprint density at radius 1 is 0.918 bits per heavy atom. The van der Waals surface area contributed by atoms with Crippen molar-refractivity contribution in [3.63, 3.8) is 0 Å². The highest BCUT2D eigenvalue weighted by Gasteiger charge is 2.33. The summed E-state index contributed by atoms with van der Waals surface area (Å²) in [4.78, 5) is 52.0. The number of para-hydroxylation sites is 1. The van der Waals surface area contributed by atoms with Gasteiger partial charge in [0.05, 0.1) is 43.4 Å². The van der Waals surface area contributed by atoms with Crippen molar-refractivity contribution < 1.29 is 23.5 Å². The Morgan fingerprint density at radius 3 is 2.33 bits per heavy atom. The first-order chi connectivity index (χ1) is 23.8. The molecule has 0 radical (unpaired) electrons. The number of nitrogens with zero attached hydrogens (tertiary/aromatic N) is 6. The van der Waals surface area contributed by atoms with E-state index in [1.165, 1.54) is 43.4 Å². The lowest BCUT2D eigenvalue weighted by atomic mass is 10.1. The standard InChI is InChI=1S/C36H42FN7O5/c1-25(43(31-16-15-28(48-2)23-32(31)49-3)36(47)38-27-13-11-26(37)12-14-27)34-39-30-10-6-5-9-29(30)35(46)44(34)42-21-19-40(20-22-42)24-33(45)41-17-7-4-8-18-41/h5-6,9-16,23,25H,4,7-8,17-22,24H2,1-3H3,(H,38,47). The van der Waals surface area contributed by atoms with Crippen LogP contribution in [-0.2, 0) is 4.79 Å². The molecule has 1 N–H and O–H groups in total. The van der Waals surface area contributed by atoms with Gasteiger partial charge in [0.2, 0.25) is 5.91 Å². The van der Waals surface area contributed by atoms with Crippen LogP contribution in [0.3, 0.4) is 0 Å². The molecular weight excluding hydrogens is 629 g/mol. The lowest BCUT2D eigenvalue weighted by molar-refractivity contribution is -0.133. The molecule has 1 aromatic heterocycles. The summed E-state index contributed by atoms with van der Waals surface area (Å²) in [6.07, 6.45) is 3.24. The maximum atomic E-state index is 14.3. The molecule has 13 heteroatoms. The first kappa shape index (κ1) is 33.7. The number of hydrogen-bond acceptors (Lipinski definition) is 8. The Balaban J connectivity index is 1.37. The normalized spacial score (nSPS) is 15.9. The SMILES string of the molecule is COc1ccc(N(C(=O)Nc2ccc(F)cc2)C(C)c2nc3ccccc3c(=O)n2N2CCN(CC(=O)N3CCCCC3)CC2)c(OC)c1. The minimum absolute atomic E-state index is 0.142. The average Bonchev–Trinajstić information content (AvgIpc) is 3.13. The first-order valence-corrected chi connectivity index (χ1v) is 16.6. The van der Waals surface area contributed by atoms with Gasteiger partial charge in [-0.2, -0.15) is 0 Å². The van der Waals surface area contributed by atoms with E-state index in [2.05, 4.69) is 10.2 Å². The van der Waals surface area contributed by atoms with Crippen molar-refractivity contribution in [3.05, 3.63) is 88.7 Å². The van der Waals surface area contributed by atoms with Crippen LogP contribution in [0.1, 0.15) is 38.1 Å². The number of anilines is 2. The van der Waals surface area contributed by atoms with Crippen molar-refractivity contribution in [1.82, 2.24) is 19.5 Å². The van der Waals surface area contributed by atoms with Crippen molar-refractivity contribution >= 4 is 34.2 Å². The van der Waals surface area contributed by atoms with E-state index in [1.54, 1.807) is 48.0 Å². The monoisotopic (exact) mass is 671 g/mol. The summed E-state index contributed by atoms with van der Waals surface area (Å²) in [7, 11) is 3.04. The van der Waals surface area contributed by atoms with Crippen LogP contribution >= 0.6 is 0 Å². The third-order valence-electron chi connectivity index (χ3n) is 9.20. The molecule has 3 aromatic carbocycles. The zero-order valence-electron chi connectivity index (χ0n) is 28.1. The number of fused-ring (bicyclic) bond motifs is 1. The van der Waals surface area contributed by atoms with Gasteiger partial charge in [-0.05, 0) is 74.7 Å². The van der Waals surface area contributed by atoms with Crippen molar-refractivity contribution in [3.8, 4) is 11.5 Å². The van der Waals surface area contributed by atoms with Gasteiger partial charge in [-0.1, -0.05) is 12.1 Å².